The third-order valence-electron chi connectivity index (χ3n) is 2.60. The van der Waals surface area contributed by atoms with Crippen LogP contribution in [0, 0.1) is 9.39 Å². The van der Waals surface area contributed by atoms with E-state index in [1.54, 1.807) is 10.7 Å². The maximum Gasteiger partial charge on any atom is 0.124 e. The van der Waals surface area contributed by atoms with Crippen LogP contribution in [0.25, 0.3) is 5.69 Å². The molecule has 0 fully saturated rings. The number of rotatable bonds is 3. The first-order chi connectivity index (χ1) is 8.85. The maximum atomic E-state index is 13.1. The summed E-state index contributed by atoms with van der Waals surface area (Å²) < 4.78 is 15.7. The molecule has 2 aromatic rings. The van der Waals surface area contributed by atoms with Gasteiger partial charge in [0.05, 0.1) is 11.4 Å². The van der Waals surface area contributed by atoms with Gasteiger partial charge in [0, 0.05) is 21.9 Å². The lowest BCUT2D eigenvalue weighted by Gasteiger charge is -2.19. The normalized spacial score (nSPS) is 11.8. The number of aromatic nitrogens is 2. The molecule has 1 aromatic heterocycles. The second-order valence-electron chi connectivity index (χ2n) is 5.45. The number of hydrogen-bond acceptors (Lipinski definition) is 2. The highest BCUT2D eigenvalue weighted by molar-refractivity contribution is 14.1. The molecule has 19 heavy (non-hydrogen) atoms. The number of nitrogens with zero attached hydrogens (tertiary/aromatic N) is 2. The average molecular weight is 373 g/mol. The molecule has 102 valence electrons. The molecule has 1 heterocycles. The van der Waals surface area contributed by atoms with Crippen molar-refractivity contribution in [1.29, 1.82) is 0 Å². The minimum Gasteiger partial charge on any atom is -0.306 e. The van der Waals surface area contributed by atoms with E-state index in [9.17, 15) is 4.39 Å². The van der Waals surface area contributed by atoms with E-state index in [0.717, 1.165) is 15.0 Å². The van der Waals surface area contributed by atoms with Crippen molar-refractivity contribution in [3.8, 4) is 5.69 Å². The Balaban J connectivity index is 2.16. The van der Waals surface area contributed by atoms with Crippen LogP contribution in [-0.4, -0.2) is 15.3 Å². The Bertz CT molecular complexity index is 572. The molecule has 0 saturated heterocycles. The van der Waals surface area contributed by atoms with Crippen LogP contribution in [0.3, 0.4) is 0 Å². The Morgan fingerprint density at radius 3 is 2.68 bits per heavy atom. The van der Waals surface area contributed by atoms with Gasteiger partial charge < -0.3 is 5.32 Å². The molecule has 0 amide bonds. The summed E-state index contributed by atoms with van der Waals surface area (Å²) >= 11 is 2.12. The van der Waals surface area contributed by atoms with Gasteiger partial charge in [0.15, 0.2) is 0 Å². The van der Waals surface area contributed by atoms with Gasteiger partial charge in [-0.25, -0.2) is 9.07 Å². The molecular weight excluding hydrogens is 356 g/mol. The number of nitrogens with one attached hydrogen (secondary N) is 1. The Morgan fingerprint density at radius 1 is 1.32 bits per heavy atom. The third-order valence-corrected chi connectivity index (χ3v) is 3.46. The summed E-state index contributed by atoms with van der Waals surface area (Å²) in [6.07, 6.45) is 1.90. The lowest BCUT2D eigenvalue weighted by Crippen LogP contribution is -2.35. The van der Waals surface area contributed by atoms with E-state index in [1.807, 2.05) is 12.3 Å². The van der Waals surface area contributed by atoms with Crippen LogP contribution in [0.4, 0.5) is 4.39 Å². The van der Waals surface area contributed by atoms with Crippen molar-refractivity contribution < 1.29 is 4.39 Å². The van der Waals surface area contributed by atoms with Gasteiger partial charge >= 0.3 is 0 Å². The van der Waals surface area contributed by atoms with E-state index in [-0.39, 0.29) is 11.4 Å². The zero-order valence-electron chi connectivity index (χ0n) is 11.2. The smallest absolute Gasteiger partial charge is 0.124 e. The van der Waals surface area contributed by atoms with Crippen LogP contribution in [0.5, 0.6) is 0 Å². The van der Waals surface area contributed by atoms with Crippen molar-refractivity contribution in [2.24, 2.45) is 0 Å². The van der Waals surface area contributed by atoms with Crippen LogP contribution in [0.1, 0.15) is 26.5 Å². The second kappa shape index (κ2) is 5.58. The van der Waals surface area contributed by atoms with E-state index in [4.69, 9.17) is 0 Å². The Labute approximate surface area is 126 Å². The van der Waals surface area contributed by atoms with Gasteiger partial charge in [-0.3, -0.25) is 0 Å². The van der Waals surface area contributed by atoms with Crippen LogP contribution < -0.4 is 5.32 Å². The van der Waals surface area contributed by atoms with E-state index in [1.165, 1.54) is 12.1 Å². The molecule has 0 radical (unpaired) electrons. The highest BCUT2D eigenvalue weighted by Crippen LogP contribution is 2.18. The lowest BCUT2D eigenvalue weighted by atomic mass is 10.1. The molecule has 1 aromatic carbocycles. The zero-order chi connectivity index (χ0) is 14.0. The number of hydrogen-bond donors (Lipinski definition) is 1. The van der Waals surface area contributed by atoms with Gasteiger partial charge in [-0.1, -0.05) is 0 Å². The highest BCUT2D eigenvalue weighted by Gasteiger charge is 2.10. The standard InChI is InChI=1S/C14H17FIN3/c1-14(2,3)17-9-11-6-7-19(18-11)13-5-4-10(15)8-12(13)16/h4-8,17H,9H2,1-3H3. The minimum atomic E-state index is -0.227. The quantitative estimate of drug-likeness (QED) is 0.835. The molecule has 0 spiro atoms. The summed E-state index contributed by atoms with van der Waals surface area (Å²) in [7, 11) is 0. The van der Waals surface area contributed by atoms with Crippen molar-refractivity contribution in [2.45, 2.75) is 32.9 Å². The lowest BCUT2D eigenvalue weighted by molar-refractivity contribution is 0.420. The first-order valence-electron chi connectivity index (χ1n) is 6.10. The van der Waals surface area contributed by atoms with Crippen molar-refractivity contribution in [3.63, 3.8) is 0 Å². The topological polar surface area (TPSA) is 29.9 Å². The van der Waals surface area contributed by atoms with Gasteiger partial charge in [0.2, 0.25) is 0 Å². The van der Waals surface area contributed by atoms with Gasteiger partial charge in [-0.05, 0) is 67.6 Å². The zero-order valence-corrected chi connectivity index (χ0v) is 13.4. The van der Waals surface area contributed by atoms with Gasteiger partial charge in [0.1, 0.15) is 5.82 Å². The first-order valence-corrected chi connectivity index (χ1v) is 7.18. The average Bonchev–Trinajstić information content (AvgIpc) is 2.74. The van der Waals surface area contributed by atoms with E-state index < -0.39 is 0 Å². The molecular formula is C14H17FIN3. The Kier molecular flexibility index (Phi) is 4.25. The van der Waals surface area contributed by atoms with Crippen LogP contribution in [0.2, 0.25) is 0 Å². The van der Waals surface area contributed by atoms with Gasteiger partial charge in [-0.15, -0.1) is 0 Å². The van der Waals surface area contributed by atoms with Gasteiger partial charge in [0.25, 0.3) is 0 Å². The largest absolute Gasteiger partial charge is 0.306 e. The van der Waals surface area contributed by atoms with Crippen molar-refractivity contribution in [1.82, 2.24) is 15.1 Å². The van der Waals surface area contributed by atoms with E-state index >= 15 is 0 Å². The fourth-order valence-electron chi connectivity index (χ4n) is 1.61. The van der Waals surface area contributed by atoms with Crippen LogP contribution >= 0.6 is 22.6 Å². The molecule has 0 aliphatic rings. The van der Waals surface area contributed by atoms with E-state index in [0.29, 0.717) is 6.54 Å². The summed E-state index contributed by atoms with van der Waals surface area (Å²) in [6, 6.07) is 6.67. The molecule has 0 saturated carbocycles. The molecule has 0 atom stereocenters. The van der Waals surface area contributed by atoms with Crippen molar-refractivity contribution in [3.05, 3.63) is 45.5 Å². The van der Waals surface area contributed by atoms with Crippen LogP contribution in [-0.2, 0) is 6.54 Å². The second-order valence-corrected chi connectivity index (χ2v) is 6.61. The first kappa shape index (κ1) is 14.5. The van der Waals surface area contributed by atoms with Crippen LogP contribution in [0.15, 0.2) is 30.5 Å². The molecule has 2 rings (SSSR count). The fourth-order valence-corrected chi connectivity index (χ4v) is 2.34. The molecule has 0 unspecified atom stereocenters. The summed E-state index contributed by atoms with van der Waals surface area (Å²) in [4.78, 5) is 0. The summed E-state index contributed by atoms with van der Waals surface area (Å²) in [5.41, 5.74) is 1.92. The number of benzene rings is 1. The van der Waals surface area contributed by atoms with E-state index in [2.05, 4.69) is 53.8 Å². The molecule has 1 N–H and O–H groups in total. The molecule has 0 bridgehead atoms. The molecule has 0 aliphatic carbocycles. The maximum absolute atomic E-state index is 13.1. The monoisotopic (exact) mass is 373 g/mol. The molecule has 0 aliphatic heterocycles. The predicted octanol–water partition coefficient (Wildman–Crippen LogP) is 3.50. The predicted molar refractivity (Wildman–Crippen MR) is 82.8 cm³/mol. The Hall–Kier alpha value is -0.950. The minimum absolute atomic E-state index is 0.0636. The highest BCUT2D eigenvalue weighted by atomic mass is 127. The molecule has 3 nitrogen and oxygen atoms in total. The fraction of sp³-hybridized carbons (Fsp3) is 0.357. The SMILES string of the molecule is CC(C)(C)NCc1ccn(-c2ccc(F)cc2I)n1. The number of halogens is 2. The summed E-state index contributed by atoms with van der Waals surface area (Å²) in [6.45, 7) is 7.07. The molecule has 5 heteroatoms. The Morgan fingerprint density at radius 2 is 2.05 bits per heavy atom. The third kappa shape index (κ3) is 4.01. The summed E-state index contributed by atoms with van der Waals surface area (Å²) in [5, 5.41) is 7.89. The summed E-state index contributed by atoms with van der Waals surface area (Å²) in [5.74, 6) is -0.227. The van der Waals surface area contributed by atoms with Gasteiger partial charge in [-0.2, -0.15) is 5.10 Å². The van der Waals surface area contributed by atoms with Crippen molar-refractivity contribution >= 4 is 22.6 Å². The van der Waals surface area contributed by atoms with Crippen molar-refractivity contribution in [2.75, 3.05) is 0 Å².